The lowest BCUT2D eigenvalue weighted by Gasteiger charge is -2.33. The number of fused-ring (bicyclic) bond motifs is 2. The van der Waals surface area contributed by atoms with Crippen LogP contribution in [-0.4, -0.2) is 45.5 Å². The molecule has 2 aromatic carbocycles. The molecular formula is C22H27N2O5+. The van der Waals surface area contributed by atoms with Crippen LogP contribution in [-0.2, 0) is 12.8 Å². The van der Waals surface area contributed by atoms with E-state index in [1.54, 1.807) is 14.2 Å². The fraction of sp³-hybridized carbons (Fsp3) is 0.409. The van der Waals surface area contributed by atoms with Crippen LogP contribution in [0.1, 0.15) is 29.2 Å². The van der Waals surface area contributed by atoms with E-state index in [1.807, 2.05) is 24.3 Å². The lowest BCUT2D eigenvalue weighted by atomic mass is 9.87. The van der Waals surface area contributed by atoms with Gasteiger partial charge in [0.25, 0.3) is 0 Å². The van der Waals surface area contributed by atoms with E-state index >= 15 is 0 Å². The highest BCUT2D eigenvalue weighted by Crippen LogP contribution is 2.47. The number of hydrogen-bond donors (Lipinski definition) is 2. The third kappa shape index (κ3) is 3.70. The van der Waals surface area contributed by atoms with E-state index in [2.05, 4.69) is 18.3 Å². The number of hydrogen-bond acceptors (Lipinski definition) is 6. The largest absolute Gasteiger partial charge is 0.497 e. The monoisotopic (exact) mass is 399 g/mol. The number of oxime groups is 1. The van der Waals surface area contributed by atoms with Crippen LogP contribution >= 0.6 is 0 Å². The summed E-state index contributed by atoms with van der Waals surface area (Å²) in [6, 6.07) is 10.00. The molecule has 4 rings (SSSR count). The first kappa shape index (κ1) is 19.4. The molecule has 7 heteroatoms. The van der Waals surface area contributed by atoms with E-state index in [1.165, 1.54) is 10.5 Å². The first-order chi connectivity index (χ1) is 14.1. The summed E-state index contributed by atoms with van der Waals surface area (Å²) in [5.41, 5.74) is 4.14. The maximum absolute atomic E-state index is 9.71. The van der Waals surface area contributed by atoms with Crippen molar-refractivity contribution in [3.8, 4) is 23.0 Å². The lowest BCUT2D eigenvalue weighted by Crippen LogP contribution is -3.10. The second-order valence-corrected chi connectivity index (χ2v) is 7.51. The number of benzene rings is 2. The molecule has 0 fully saturated rings. The minimum absolute atomic E-state index is 0.104. The Morgan fingerprint density at radius 2 is 2.00 bits per heavy atom. The van der Waals surface area contributed by atoms with Gasteiger partial charge in [0.1, 0.15) is 11.8 Å². The molecule has 2 aliphatic heterocycles. The number of ether oxygens (including phenoxy) is 4. The van der Waals surface area contributed by atoms with Crippen LogP contribution in [0.5, 0.6) is 23.0 Å². The lowest BCUT2D eigenvalue weighted by molar-refractivity contribution is -0.913. The topological polar surface area (TPSA) is 74.0 Å². The van der Waals surface area contributed by atoms with Crippen molar-refractivity contribution in [2.75, 3.05) is 34.6 Å². The Morgan fingerprint density at radius 1 is 1.21 bits per heavy atom. The summed E-state index contributed by atoms with van der Waals surface area (Å²) in [7, 11) is 5.48. The van der Waals surface area contributed by atoms with Crippen LogP contribution in [0.3, 0.4) is 0 Å². The molecule has 2 heterocycles. The smallest absolute Gasteiger partial charge is 0.231 e. The van der Waals surface area contributed by atoms with Gasteiger partial charge in [0.05, 0.1) is 39.1 Å². The average Bonchev–Trinajstić information content (AvgIpc) is 3.22. The minimum Gasteiger partial charge on any atom is -0.497 e. The van der Waals surface area contributed by atoms with Crippen molar-refractivity contribution in [3.05, 3.63) is 47.0 Å². The zero-order valence-electron chi connectivity index (χ0n) is 17.0. The molecule has 2 aromatic rings. The third-order valence-corrected chi connectivity index (χ3v) is 5.83. The second-order valence-electron chi connectivity index (χ2n) is 7.51. The van der Waals surface area contributed by atoms with E-state index < -0.39 is 0 Å². The first-order valence-electron chi connectivity index (χ1n) is 9.79. The summed E-state index contributed by atoms with van der Waals surface area (Å²) in [4.78, 5) is 1.35. The van der Waals surface area contributed by atoms with Gasteiger partial charge in [-0.15, -0.1) is 0 Å². The number of nitrogens with one attached hydrogen (secondary N) is 1. The predicted molar refractivity (Wildman–Crippen MR) is 108 cm³/mol. The third-order valence-electron chi connectivity index (χ3n) is 5.83. The molecule has 0 amide bonds. The Balaban J connectivity index is 1.63. The van der Waals surface area contributed by atoms with E-state index in [0.717, 1.165) is 47.1 Å². The summed E-state index contributed by atoms with van der Waals surface area (Å²) in [5.74, 6) is 2.96. The molecule has 154 valence electrons. The minimum atomic E-state index is 0.104. The zero-order chi connectivity index (χ0) is 20.4. The highest BCUT2D eigenvalue weighted by Gasteiger charge is 2.37. The fourth-order valence-electron chi connectivity index (χ4n) is 4.26. The Morgan fingerprint density at radius 3 is 2.69 bits per heavy atom. The van der Waals surface area contributed by atoms with Crippen molar-refractivity contribution in [1.82, 2.24) is 0 Å². The van der Waals surface area contributed by atoms with Gasteiger partial charge in [-0.2, -0.15) is 0 Å². The van der Waals surface area contributed by atoms with Gasteiger partial charge in [0, 0.05) is 19.3 Å². The molecule has 0 spiro atoms. The van der Waals surface area contributed by atoms with Crippen LogP contribution in [0.2, 0.25) is 0 Å². The molecule has 29 heavy (non-hydrogen) atoms. The molecule has 0 radical (unpaired) electrons. The second kappa shape index (κ2) is 8.21. The van der Waals surface area contributed by atoms with Crippen LogP contribution in [0, 0.1) is 0 Å². The summed E-state index contributed by atoms with van der Waals surface area (Å²) in [6.45, 7) is 1.20. The van der Waals surface area contributed by atoms with Gasteiger partial charge in [-0.1, -0.05) is 17.3 Å². The Labute approximate surface area is 170 Å². The van der Waals surface area contributed by atoms with E-state index in [-0.39, 0.29) is 12.8 Å². The van der Waals surface area contributed by atoms with Gasteiger partial charge < -0.3 is 29.1 Å². The average molecular weight is 399 g/mol. The molecule has 0 aliphatic carbocycles. The van der Waals surface area contributed by atoms with Crippen LogP contribution in [0.15, 0.2) is 35.5 Å². The summed E-state index contributed by atoms with van der Waals surface area (Å²) < 4.78 is 22.2. The summed E-state index contributed by atoms with van der Waals surface area (Å²) in [6.07, 6.45) is 2.14. The Bertz CT molecular complexity index is 910. The number of likely N-dealkylation sites (N-methyl/N-ethyl adjacent to an activating group) is 1. The quantitative estimate of drug-likeness (QED) is 0.442. The molecule has 0 saturated carbocycles. The van der Waals surface area contributed by atoms with Gasteiger partial charge >= 0.3 is 0 Å². The SMILES string of the molecule is COc1ccc(CC(C[C@@H]2c3c(cc4c(c3OC)OCO4)CC[NH+]2C)=NO)cc1. The van der Waals surface area contributed by atoms with Crippen molar-refractivity contribution in [2.45, 2.75) is 25.3 Å². The molecule has 0 saturated heterocycles. The Kier molecular flexibility index (Phi) is 5.49. The van der Waals surface area contributed by atoms with Crippen molar-refractivity contribution in [3.63, 3.8) is 0 Å². The van der Waals surface area contributed by atoms with E-state index in [4.69, 9.17) is 18.9 Å². The molecule has 0 aromatic heterocycles. The summed E-state index contributed by atoms with van der Waals surface area (Å²) in [5, 5.41) is 13.3. The molecule has 0 bridgehead atoms. The molecule has 2 atom stereocenters. The standard InChI is InChI=1S/C22H26N2O5/c1-24-9-8-15-11-19-21(29-13-28-19)22(27-3)20(15)18(24)12-16(23-25)10-14-4-6-17(26-2)7-5-14/h4-7,11,18,25H,8-10,12-13H2,1-3H3/p+1/t18-/m1/s1. The van der Waals surface area contributed by atoms with Gasteiger partial charge in [-0.3, -0.25) is 0 Å². The molecular weight excluding hydrogens is 372 g/mol. The van der Waals surface area contributed by atoms with E-state index in [9.17, 15) is 5.21 Å². The molecule has 1 unspecified atom stereocenters. The van der Waals surface area contributed by atoms with Crippen LogP contribution in [0.25, 0.3) is 0 Å². The first-order valence-corrected chi connectivity index (χ1v) is 9.79. The fourth-order valence-corrected chi connectivity index (χ4v) is 4.26. The predicted octanol–water partition coefficient (Wildman–Crippen LogP) is 2.01. The normalized spacial score (nSPS) is 20.3. The maximum atomic E-state index is 9.71. The molecule has 2 N–H and O–H groups in total. The van der Waals surface area contributed by atoms with Gasteiger partial charge in [0.2, 0.25) is 12.5 Å². The Hall–Kier alpha value is -2.93. The number of rotatable bonds is 6. The zero-order valence-corrected chi connectivity index (χ0v) is 17.0. The van der Waals surface area contributed by atoms with Crippen LogP contribution < -0.4 is 23.8 Å². The molecule has 7 nitrogen and oxygen atoms in total. The number of methoxy groups -OCH3 is 2. The van der Waals surface area contributed by atoms with Crippen molar-refractivity contribution >= 4 is 5.71 Å². The van der Waals surface area contributed by atoms with Gasteiger partial charge in [-0.05, 0) is 29.3 Å². The molecule has 2 aliphatic rings. The number of nitrogens with zero attached hydrogens (tertiary/aromatic N) is 1. The maximum Gasteiger partial charge on any atom is 0.231 e. The van der Waals surface area contributed by atoms with Crippen molar-refractivity contribution in [1.29, 1.82) is 0 Å². The van der Waals surface area contributed by atoms with Gasteiger partial charge in [0.15, 0.2) is 11.5 Å². The van der Waals surface area contributed by atoms with Crippen LogP contribution in [0.4, 0.5) is 0 Å². The summed E-state index contributed by atoms with van der Waals surface area (Å²) >= 11 is 0. The van der Waals surface area contributed by atoms with Crippen molar-refractivity contribution in [2.24, 2.45) is 5.16 Å². The highest BCUT2D eigenvalue weighted by atomic mass is 16.7. The van der Waals surface area contributed by atoms with Gasteiger partial charge in [-0.25, -0.2) is 0 Å². The van der Waals surface area contributed by atoms with E-state index in [0.29, 0.717) is 18.6 Å². The number of quaternary nitrogens is 1. The highest BCUT2D eigenvalue weighted by molar-refractivity contribution is 5.87. The van der Waals surface area contributed by atoms with Crippen molar-refractivity contribution < 1.29 is 29.1 Å².